The SMILES string of the molecule is C=C/C=C(\N=CC)C(F)(P)C(=O)NCc1ccc2c(c1)CN(C(CCC(C)=O)C(C)=O)C2=O. The Hall–Kier alpha value is -2.99. The predicted octanol–water partition coefficient (Wildman–Crippen LogP) is 3.29. The zero-order valence-corrected chi connectivity index (χ0v) is 20.2. The van der Waals surface area contributed by atoms with E-state index in [4.69, 9.17) is 0 Å². The van der Waals surface area contributed by atoms with Crippen LogP contribution in [0.3, 0.4) is 0 Å². The number of ketones is 2. The molecule has 3 unspecified atom stereocenters. The second-order valence-corrected chi connectivity index (χ2v) is 8.66. The number of hydrogen-bond acceptors (Lipinski definition) is 5. The molecule has 1 aromatic rings. The Morgan fingerprint density at radius 1 is 1.36 bits per heavy atom. The molecule has 2 rings (SSSR count). The van der Waals surface area contributed by atoms with Gasteiger partial charge in [-0.3, -0.25) is 19.4 Å². The average Bonchev–Trinajstić information content (AvgIpc) is 3.07. The molecule has 3 atom stereocenters. The Labute approximate surface area is 195 Å². The van der Waals surface area contributed by atoms with Crippen LogP contribution in [-0.4, -0.2) is 45.9 Å². The fourth-order valence-electron chi connectivity index (χ4n) is 3.61. The van der Waals surface area contributed by atoms with Gasteiger partial charge in [0, 0.05) is 31.3 Å². The number of Topliss-reactive ketones (excluding diaryl/α,β-unsaturated/α-hetero) is 2. The molecule has 0 radical (unpaired) electrons. The van der Waals surface area contributed by atoms with Crippen molar-refractivity contribution in [1.82, 2.24) is 10.2 Å². The van der Waals surface area contributed by atoms with Gasteiger partial charge in [0.05, 0.1) is 11.7 Å². The maximum absolute atomic E-state index is 15.1. The van der Waals surface area contributed by atoms with Crippen LogP contribution in [0, 0.1) is 0 Å². The molecule has 0 saturated heterocycles. The molecule has 0 aliphatic carbocycles. The van der Waals surface area contributed by atoms with E-state index >= 15 is 4.39 Å². The van der Waals surface area contributed by atoms with Gasteiger partial charge < -0.3 is 15.0 Å². The molecule has 176 valence electrons. The summed E-state index contributed by atoms with van der Waals surface area (Å²) in [4.78, 5) is 54.1. The summed E-state index contributed by atoms with van der Waals surface area (Å²) >= 11 is 0. The summed E-state index contributed by atoms with van der Waals surface area (Å²) in [5.74, 6) is -1.38. The average molecular weight is 473 g/mol. The van der Waals surface area contributed by atoms with Crippen LogP contribution in [-0.2, 0) is 27.5 Å². The number of aliphatic imine (C=N–C) groups is 1. The smallest absolute Gasteiger partial charge is 0.268 e. The van der Waals surface area contributed by atoms with Crippen molar-refractivity contribution >= 4 is 38.8 Å². The first-order valence-corrected chi connectivity index (χ1v) is 11.1. The van der Waals surface area contributed by atoms with Crippen molar-refractivity contribution in [1.29, 1.82) is 0 Å². The monoisotopic (exact) mass is 473 g/mol. The van der Waals surface area contributed by atoms with E-state index in [-0.39, 0.29) is 49.1 Å². The van der Waals surface area contributed by atoms with E-state index in [1.165, 1.54) is 37.1 Å². The molecule has 2 amide bonds. The minimum Gasteiger partial charge on any atom is -0.349 e. The van der Waals surface area contributed by atoms with Crippen molar-refractivity contribution in [2.24, 2.45) is 4.99 Å². The number of carbonyl (C=O) groups excluding carboxylic acids is 4. The summed E-state index contributed by atoms with van der Waals surface area (Å²) < 4.78 is 15.1. The van der Waals surface area contributed by atoms with Crippen LogP contribution in [0.1, 0.15) is 55.1 Å². The fraction of sp³-hybridized carbons (Fsp3) is 0.375. The molecule has 1 aliphatic rings. The molecule has 1 N–H and O–H groups in total. The number of alkyl halides is 1. The van der Waals surface area contributed by atoms with Gasteiger partial charge in [-0.15, -0.1) is 0 Å². The van der Waals surface area contributed by atoms with Gasteiger partial charge in [0.1, 0.15) is 5.78 Å². The van der Waals surface area contributed by atoms with E-state index in [0.29, 0.717) is 16.7 Å². The van der Waals surface area contributed by atoms with Gasteiger partial charge in [0.2, 0.25) is 5.41 Å². The third-order valence-corrected chi connectivity index (χ3v) is 5.88. The first-order valence-electron chi connectivity index (χ1n) is 10.5. The van der Waals surface area contributed by atoms with Crippen LogP contribution in [0.5, 0.6) is 0 Å². The lowest BCUT2D eigenvalue weighted by Gasteiger charge is -2.25. The summed E-state index contributed by atoms with van der Waals surface area (Å²) in [6.07, 6.45) is 4.55. The second kappa shape index (κ2) is 11.2. The first kappa shape index (κ1) is 26.3. The Bertz CT molecular complexity index is 1030. The molecule has 0 fully saturated rings. The van der Waals surface area contributed by atoms with Crippen molar-refractivity contribution in [3.63, 3.8) is 0 Å². The van der Waals surface area contributed by atoms with E-state index in [9.17, 15) is 19.2 Å². The number of rotatable bonds is 11. The van der Waals surface area contributed by atoms with Gasteiger partial charge in [-0.1, -0.05) is 34.0 Å². The van der Waals surface area contributed by atoms with Crippen LogP contribution in [0.25, 0.3) is 0 Å². The predicted molar refractivity (Wildman–Crippen MR) is 129 cm³/mol. The molecule has 1 heterocycles. The lowest BCUT2D eigenvalue weighted by Crippen LogP contribution is -2.40. The summed E-state index contributed by atoms with van der Waals surface area (Å²) in [5.41, 5.74) is 1.76. The molecular formula is C24H29FN3O4P. The minimum atomic E-state index is -2.43. The second-order valence-electron chi connectivity index (χ2n) is 7.86. The van der Waals surface area contributed by atoms with Crippen molar-refractivity contribution in [2.75, 3.05) is 0 Å². The largest absolute Gasteiger partial charge is 0.349 e. The molecule has 1 aromatic carbocycles. The van der Waals surface area contributed by atoms with Gasteiger partial charge in [0.15, 0.2) is 5.78 Å². The summed E-state index contributed by atoms with van der Waals surface area (Å²) in [7, 11) is 1.87. The van der Waals surface area contributed by atoms with E-state index in [1.54, 1.807) is 25.1 Å². The van der Waals surface area contributed by atoms with Gasteiger partial charge >= 0.3 is 0 Å². The third kappa shape index (κ3) is 6.29. The first-order chi connectivity index (χ1) is 15.5. The lowest BCUT2D eigenvalue weighted by molar-refractivity contribution is -0.126. The lowest BCUT2D eigenvalue weighted by atomic mass is 10.0. The Morgan fingerprint density at radius 2 is 2.06 bits per heavy atom. The molecular weight excluding hydrogens is 444 g/mol. The molecule has 33 heavy (non-hydrogen) atoms. The minimum absolute atomic E-state index is 0.0397. The van der Waals surface area contributed by atoms with E-state index in [0.717, 1.165) is 0 Å². The molecule has 9 heteroatoms. The Kier molecular flexibility index (Phi) is 8.94. The number of halogens is 1. The number of allylic oxidation sites excluding steroid dienone is 2. The number of amides is 2. The fourth-order valence-corrected chi connectivity index (χ4v) is 3.89. The third-order valence-electron chi connectivity index (χ3n) is 5.32. The van der Waals surface area contributed by atoms with Crippen LogP contribution in [0.4, 0.5) is 4.39 Å². The Morgan fingerprint density at radius 3 is 2.64 bits per heavy atom. The van der Waals surface area contributed by atoms with Crippen LogP contribution >= 0.6 is 9.24 Å². The van der Waals surface area contributed by atoms with Gasteiger partial charge in [0.25, 0.3) is 11.8 Å². The Balaban J connectivity index is 2.14. The number of hydrogen-bond donors (Lipinski definition) is 1. The van der Waals surface area contributed by atoms with Crippen LogP contribution in [0.2, 0.25) is 0 Å². The normalized spacial score (nSPS) is 16.3. The summed E-state index contributed by atoms with van der Waals surface area (Å²) in [6.45, 7) is 8.25. The molecule has 0 aromatic heterocycles. The highest BCUT2D eigenvalue weighted by Gasteiger charge is 2.38. The van der Waals surface area contributed by atoms with E-state index in [2.05, 4.69) is 16.9 Å². The zero-order chi connectivity index (χ0) is 24.8. The van der Waals surface area contributed by atoms with Crippen molar-refractivity contribution in [3.05, 3.63) is 59.3 Å². The van der Waals surface area contributed by atoms with Gasteiger partial charge in [-0.05, 0) is 50.5 Å². The molecule has 1 aliphatic heterocycles. The molecule has 0 saturated carbocycles. The standard InChI is InChI=1S/C24H29FN3O4P/c1-5-7-21(26-6-2)24(25,33)23(32)27-13-17-9-10-19-18(12-17)14-28(22(19)31)20(16(4)30)11-8-15(3)29/h5-7,9-10,12,20H,1,8,11,13-14,33H2,2-4H3,(H,27,32)/b21-7-,26-6?. The van der Waals surface area contributed by atoms with Crippen molar-refractivity contribution in [2.45, 2.75) is 58.2 Å². The molecule has 0 spiro atoms. The number of benzene rings is 1. The summed E-state index contributed by atoms with van der Waals surface area (Å²) in [6, 6.07) is 4.39. The maximum atomic E-state index is 15.1. The highest BCUT2D eigenvalue weighted by Crippen LogP contribution is 2.31. The van der Waals surface area contributed by atoms with E-state index in [1.807, 2.05) is 9.24 Å². The molecule has 0 bridgehead atoms. The van der Waals surface area contributed by atoms with Crippen molar-refractivity contribution in [3.8, 4) is 0 Å². The van der Waals surface area contributed by atoms with Crippen LogP contribution in [0.15, 0.2) is 47.6 Å². The van der Waals surface area contributed by atoms with Crippen LogP contribution < -0.4 is 5.32 Å². The highest BCUT2D eigenvalue weighted by molar-refractivity contribution is 7.21. The van der Waals surface area contributed by atoms with Gasteiger partial charge in [-0.25, -0.2) is 4.39 Å². The number of carbonyl (C=O) groups is 4. The zero-order valence-electron chi connectivity index (χ0n) is 19.1. The van der Waals surface area contributed by atoms with Gasteiger partial charge in [-0.2, -0.15) is 0 Å². The van der Waals surface area contributed by atoms with Crippen molar-refractivity contribution < 1.29 is 23.6 Å². The number of fused-ring (bicyclic) bond motifs is 1. The molecule has 7 nitrogen and oxygen atoms in total. The number of nitrogens with one attached hydrogen (secondary N) is 1. The topological polar surface area (TPSA) is 95.9 Å². The number of nitrogens with zero attached hydrogens (tertiary/aromatic N) is 2. The summed E-state index contributed by atoms with van der Waals surface area (Å²) in [5, 5.41) is 0.115. The maximum Gasteiger partial charge on any atom is 0.268 e. The highest BCUT2D eigenvalue weighted by atomic mass is 31.0. The van der Waals surface area contributed by atoms with E-state index < -0.39 is 17.4 Å². The quantitative estimate of drug-likeness (QED) is 0.303.